The molecule has 0 aliphatic heterocycles. The fourth-order valence-electron chi connectivity index (χ4n) is 2.27. The van der Waals surface area contributed by atoms with Gasteiger partial charge in [-0.1, -0.05) is 0 Å². The zero-order chi connectivity index (χ0) is 12.5. The van der Waals surface area contributed by atoms with E-state index in [1.807, 2.05) is 13.8 Å². The third kappa shape index (κ3) is 3.94. The molecule has 0 bridgehead atoms. The molecular formula is C14H27NO2. The molecule has 1 unspecified atom stereocenters. The van der Waals surface area contributed by atoms with Gasteiger partial charge in [0.15, 0.2) is 0 Å². The molecule has 3 nitrogen and oxygen atoms in total. The summed E-state index contributed by atoms with van der Waals surface area (Å²) in [6.45, 7) is 6.19. The van der Waals surface area contributed by atoms with Crippen LogP contribution in [0.3, 0.4) is 0 Å². The molecule has 1 N–H and O–H groups in total. The minimum absolute atomic E-state index is 0.368. The highest BCUT2D eigenvalue weighted by Crippen LogP contribution is 2.35. The van der Waals surface area contributed by atoms with Crippen molar-refractivity contribution in [3.63, 3.8) is 0 Å². The van der Waals surface area contributed by atoms with Crippen molar-refractivity contribution in [1.82, 2.24) is 4.90 Å². The minimum atomic E-state index is -0.422. The second-order valence-corrected chi connectivity index (χ2v) is 6.28. The third-order valence-electron chi connectivity index (χ3n) is 4.27. The smallest absolute Gasteiger partial charge is 0.0880 e. The zero-order valence-electron chi connectivity index (χ0n) is 11.5. The standard InChI is InChI=1S/C14H27NO2/c1-14(2,17-3)13(16)8-9-15(12-6-7-12)10-11-4-5-11/h11-13,16H,4-10H2,1-3H3. The molecule has 3 heteroatoms. The summed E-state index contributed by atoms with van der Waals surface area (Å²) in [5.74, 6) is 0.947. The van der Waals surface area contributed by atoms with Crippen molar-refractivity contribution < 1.29 is 9.84 Å². The molecule has 0 aromatic carbocycles. The number of nitrogens with zero attached hydrogens (tertiary/aromatic N) is 1. The Balaban J connectivity index is 1.74. The summed E-state index contributed by atoms with van der Waals surface area (Å²) in [6.07, 6.45) is 6.00. The van der Waals surface area contributed by atoms with Crippen molar-refractivity contribution in [2.24, 2.45) is 5.92 Å². The summed E-state index contributed by atoms with van der Waals surface area (Å²) in [5.41, 5.74) is -0.422. The summed E-state index contributed by atoms with van der Waals surface area (Å²) in [6, 6.07) is 0.813. The minimum Gasteiger partial charge on any atom is -0.390 e. The lowest BCUT2D eigenvalue weighted by atomic mass is 9.98. The zero-order valence-corrected chi connectivity index (χ0v) is 11.5. The lowest BCUT2D eigenvalue weighted by molar-refractivity contribution is -0.0826. The van der Waals surface area contributed by atoms with Gasteiger partial charge in [-0.05, 0) is 51.9 Å². The van der Waals surface area contributed by atoms with Crippen LogP contribution in [-0.4, -0.2) is 48.0 Å². The summed E-state index contributed by atoms with van der Waals surface area (Å²) in [7, 11) is 1.67. The van der Waals surface area contributed by atoms with E-state index < -0.39 is 5.60 Å². The number of hydrogen-bond donors (Lipinski definition) is 1. The Morgan fingerprint density at radius 1 is 1.29 bits per heavy atom. The predicted octanol–water partition coefficient (Wildman–Crippen LogP) is 2.04. The molecule has 0 heterocycles. The molecular weight excluding hydrogens is 214 g/mol. The Kier molecular flexibility index (Phi) is 4.11. The van der Waals surface area contributed by atoms with E-state index in [0.717, 1.165) is 24.9 Å². The molecule has 17 heavy (non-hydrogen) atoms. The molecule has 2 fully saturated rings. The molecule has 0 spiro atoms. The van der Waals surface area contributed by atoms with E-state index in [9.17, 15) is 5.11 Å². The average Bonchev–Trinajstić information content (AvgIpc) is 3.15. The Bertz CT molecular complexity index is 247. The van der Waals surface area contributed by atoms with Crippen molar-refractivity contribution in [3.05, 3.63) is 0 Å². The number of aliphatic hydroxyl groups is 1. The molecule has 0 aromatic rings. The van der Waals surface area contributed by atoms with Crippen LogP contribution in [-0.2, 0) is 4.74 Å². The monoisotopic (exact) mass is 241 g/mol. The topological polar surface area (TPSA) is 32.7 Å². The maximum Gasteiger partial charge on any atom is 0.0880 e. The molecule has 0 amide bonds. The SMILES string of the molecule is COC(C)(C)C(O)CCN(CC1CC1)C1CC1. The van der Waals surface area contributed by atoms with E-state index in [0.29, 0.717) is 0 Å². The highest BCUT2D eigenvalue weighted by atomic mass is 16.5. The van der Waals surface area contributed by atoms with E-state index in [1.165, 1.54) is 32.2 Å². The molecule has 100 valence electrons. The van der Waals surface area contributed by atoms with Gasteiger partial charge in [0.1, 0.15) is 0 Å². The summed E-state index contributed by atoms with van der Waals surface area (Å²) in [5, 5.41) is 10.1. The van der Waals surface area contributed by atoms with Gasteiger partial charge in [0.2, 0.25) is 0 Å². The van der Waals surface area contributed by atoms with Gasteiger partial charge in [0.05, 0.1) is 11.7 Å². The summed E-state index contributed by atoms with van der Waals surface area (Å²) < 4.78 is 5.33. The van der Waals surface area contributed by atoms with Crippen molar-refractivity contribution in [2.45, 2.75) is 63.7 Å². The van der Waals surface area contributed by atoms with Gasteiger partial charge in [-0.3, -0.25) is 0 Å². The fourth-order valence-corrected chi connectivity index (χ4v) is 2.27. The lowest BCUT2D eigenvalue weighted by Crippen LogP contribution is -2.41. The van der Waals surface area contributed by atoms with Gasteiger partial charge in [-0.2, -0.15) is 0 Å². The van der Waals surface area contributed by atoms with Gasteiger partial charge in [-0.25, -0.2) is 0 Å². The molecule has 2 aliphatic carbocycles. The molecule has 0 saturated heterocycles. The highest BCUT2D eigenvalue weighted by molar-refractivity contribution is 4.89. The van der Waals surface area contributed by atoms with E-state index >= 15 is 0 Å². The van der Waals surface area contributed by atoms with Crippen LogP contribution in [0.4, 0.5) is 0 Å². The van der Waals surface area contributed by atoms with Crippen LogP contribution < -0.4 is 0 Å². The van der Waals surface area contributed by atoms with E-state index in [1.54, 1.807) is 7.11 Å². The number of methoxy groups -OCH3 is 1. The van der Waals surface area contributed by atoms with Crippen molar-refractivity contribution in [3.8, 4) is 0 Å². The maximum atomic E-state index is 10.1. The molecule has 2 saturated carbocycles. The summed E-state index contributed by atoms with van der Waals surface area (Å²) in [4.78, 5) is 2.59. The number of hydrogen-bond acceptors (Lipinski definition) is 3. The number of aliphatic hydroxyl groups excluding tert-OH is 1. The van der Waals surface area contributed by atoms with E-state index in [-0.39, 0.29) is 6.10 Å². The third-order valence-corrected chi connectivity index (χ3v) is 4.27. The predicted molar refractivity (Wildman–Crippen MR) is 69.0 cm³/mol. The molecule has 2 aliphatic rings. The van der Waals surface area contributed by atoms with E-state index in [2.05, 4.69) is 4.90 Å². The first-order valence-corrected chi connectivity index (χ1v) is 7.00. The number of rotatable bonds is 8. The average molecular weight is 241 g/mol. The number of ether oxygens (including phenoxy) is 1. The maximum absolute atomic E-state index is 10.1. The molecule has 0 aromatic heterocycles. The van der Waals surface area contributed by atoms with Crippen LogP contribution in [0, 0.1) is 5.92 Å². The first-order chi connectivity index (χ1) is 8.03. The fraction of sp³-hybridized carbons (Fsp3) is 1.00. The van der Waals surface area contributed by atoms with Crippen LogP contribution in [0.25, 0.3) is 0 Å². The summed E-state index contributed by atoms with van der Waals surface area (Å²) >= 11 is 0. The van der Waals surface area contributed by atoms with Crippen LogP contribution in [0.5, 0.6) is 0 Å². The van der Waals surface area contributed by atoms with Crippen LogP contribution in [0.2, 0.25) is 0 Å². The molecule has 0 radical (unpaired) electrons. The van der Waals surface area contributed by atoms with Crippen LogP contribution in [0.1, 0.15) is 46.0 Å². The van der Waals surface area contributed by atoms with Crippen LogP contribution in [0.15, 0.2) is 0 Å². The van der Waals surface area contributed by atoms with Crippen molar-refractivity contribution in [2.75, 3.05) is 20.2 Å². The highest BCUT2D eigenvalue weighted by Gasteiger charge is 2.35. The Morgan fingerprint density at radius 3 is 2.41 bits per heavy atom. The van der Waals surface area contributed by atoms with Crippen LogP contribution >= 0.6 is 0 Å². The first-order valence-electron chi connectivity index (χ1n) is 7.00. The van der Waals surface area contributed by atoms with Crippen molar-refractivity contribution in [1.29, 1.82) is 0 Å². The molecule has 2 rings (SSSR count). The van der Waals surface area contributed by atoms with Gasteiger partial charge in [-0.15, -0.1) is 0 Å². The lowest BCUT2D eigenvalue weighted by Gasteiger charge is -2.31. The van der Waals surface area contributed by atoms with Gasteiger partial charge >= 0.3 is 0 Å². The van der Waals surface area contributed by atoms with Crippen molar-refractivity contribution >= 4 is 0 Å². The Morgan fingerprint density at radius 2 is 1.94 bits per heavy atom. The van der Waals surface area contributed by atoms with Gasteiger partial charge in [0, 0.05) is 26.2 Å². The largest absolute Gasteiger partial charge is 0.390 e. The van der Waals surface area contributed by atoms with Gasteiger partial charge < -0.3 is 14.7 Å². The Hall–Kier alpha value is -0.120. The first kappa shape index (κ1) is 13.3. The second-order valence-electron chi connectivity index (χ2n) is 6.28. The quantitative estimate of drug-likeness (QED) is 0.706. The van der Waals surface area contributed by atoms with Gasteiger partial charge in [0.25, 0.3) is 0 Å². The Labute approximate surface area is 105 Å². The normalized spacial score (nSPS) is 23.1. The van der Waals surface area contributed by atoms with E-state index in [4.69, 9.17) is 4.74 Å². The second kappa shape index (κ2) is 5.25. The molecule has 1 atom stereocenters.